The van der Waals surface area contributed by atoms with Crippen LogP contribution >= 0.6 is 0 Å². The molecule has 0 saturated heterocycles. The molecule has 0 fully saturated rings. The lowest BCUT2D eigenvalue weighted by atomic mass is 9.93. The molecule has 0 amide bonds. The Bertz CT molecular complexity index is 419. The maximum atomic E-state index is 4.43. The maximum absolute atomic E-state index is 4.43. The smallest absolute Gasteiger partial charge is 0.0667 e. The highest BCUT2D eigenvalue weighted by atomic mass is 15.2. The van der Waals surface area contributed by atoms with Crippen LogP contribution < -0.4 is 0 Å². The second-order valence-electron chi connectivity index (χ2n) is 5.62. The zero-order valence-electron chi connectivity index (χ0n) is 11.3. The van der Waals surface area contributed by atoms with Gasteiger partial charge < -0.3 is 0 Å². The SMILES string of the molecule is CCc1n[nH]c2c1CN(C[C@H]1CC=CCC1)CC2. The van der Waals surface area contributed by atoms with Gasteiger partial charge in [-0.3, -0.25) is 10.00 Å². The van der Waals surface area contributed by atoms with E-state index in [1.54, 1.807) is 0 Å². The summed E-state index contributed by atoms with van der Waals surface area (Å²) >= 11 is 0. The zero-order chi connectivity index (χ0) is 12.4. The highest BCUT2D eigenvalue weighted by Gasteiger charge is 2.23. The van der Waals surface area contributed by atoms with E-state index in [-0.39, 0.29) is 0 Å². The van der Waals surface area contributed by atoms with Crippen LogP contribution in [0.1, 0.15) is 43.1 Å². The zero-order valence-corrected chi connectivity index (χ0v) is 11.3. The van der Waals surface area contributed by atoms with Gasteiger partial charge in [0.1, 0.15) is 0 Å². The third-order valence-electron chi connectivity index (χ3n) is 4.33. The van der Waals surface area contributed by atoms with E-state index in [4.69, 9.17) is 0 Å². The van der Waals surface area contributed by atoms with Gasteiger partial charge in [0.2, 0.25) is 0 Å². The molecule has 1 aliphatic heterocycles. The highest BCUT2D eigenvalue weighted by molar-refractivity contribution is 5.27. The van der Waals surface area contributed by atoms with Crippen molar-refractivity contribution in [2.24, 2.45) is 5.92 Å². The third-order valence-corrected chi connectivity index (χ3v) is 4.33. The van der Waals surface area contributed by atoms with Gasteiger partial charge in [0.25, 0.3) is 0 Å². The molecule has 0 bridgehead atoms. The van der Waals surface area contributed by atoms with E-state index in [2.05, 4.69) is 34.2 Å². The van der Waals surface area contributed by atoms with Crippen molar-refractivity contribution in [2.45, 2.75) is 45.6 Å². The molecule has 3 nitrogen and oxygen atoms in total. The fourth-order valence-electron chi connectivity index (χ4n) is 3.25. The van der Waals surface area contributed by atoms with Crippen molar-refractivity contribution in [3.8, 4) is 0 Å². The minimum atomic E-state index is 0.869. The van der Waals surface area contributed by atoms with Crippen LogP contribution in [0.3, 0.4) is 0 Å². The Balaban J connectivity index is 1.64. The summed E-state index contributed by atoms with van der Waals surface area (Å²) in [6.07, 6.45) is 10.8. The lowest BCUT2D eigenvalue weighted by Crippen LogP contribution is -2.35. The van der Waals surface area contributed by atoms with E-state index in [0.29, 0.717) is 0 Å². The molecule has 2 heterocycles. The summed E-state index contributed by atoms with van der Waals surface area (Å²) in [7, 11) is 0. The summed E-state index contributed by atoms with van der Waals surface area (Å²) in [6.45, 7) is 5.76. The van der Waals surface area contributed by atoms with Gasteiger partial charge in [0, 0.05) is 37.3 Å². The lowest BCUT2D eigenvalue weighted by molar-refractivity contribution is 0.205. The fourth-order valence-corrected chi connectivity index (χ4v) is 3.25. The van der Waals surface area contributed by atoms with Crippen molar-refractivity contribution >= 4 is 0 Å². The first-order chi connectivity index (χ1) is 8.86. The largest absolute Gasteiger partial charge is 0.298 e. The molecule has 3 rings (SSSR count). The Morgan fingerprint density at radius 1 is 1.44 bits per heavy atom. The van der Waals surface area contributed by atoms with Crippen LogP contribution in [0.4, 0.5) is 0 Å². The summed E-state index contributed by atoms with van der Waals surface area (Å²) < 4.78 is 0. The molecule has 0 radical (unpaired) electrons. The van der Waals surface area contributed by atoms with Crippen LogP contribution in [0, 0.1) is 5.92 Å². The molecule has 0 unspecified atom stereocenters. The van der Waals surface area contributed by atoms with Crippen LogP contribution in [0.2, 0.25) is 0 Å². The molecule has 0 spiro atoms. The molecule has 98 valence electrons. The van der Waals surface area contributed by atoms with Crippen molar-refractivity contribution in [3.05, 3.63) is 29.1 Å². The van der Waals surface area contributed by atoms with E-state index < -0.39 is 0 Å². The molecule has 0 saturated carbocycles. The van der Waals surface area contributed by atoms with Gasteiger partial charge in [-0.05, 0) is 31.6 Å². The number of H-pyrrole nitrogens is 1. The van der Waals surface area contributed by atoms with Gasteiger partial charge in [-0.1, -0.05) is 19.1 Å². The second kappa shape index (κ2) is 5.27. The van der Waals surface area contributed by atoms with Gasteiger partial charge in [0.15, 0.2) is 0 Å². The maximum Gasteiger partial charge on any atom is 0.0667 e. The number of fused-ring (bicyclic) bond motifs is 1. The molecule has 3 heteroatoms. The van der Waals surface area contributed by atoms with Gasteiger partial charge in [-0.15, -0.1) is 0 Å². The molecule has 0 aromatic carbocycles. The number of nitrogens with one attached hydrogen (secondary N) is 1. The van der Waals surface area contributed by atoms with E-state index in [1.807, 2.05) is 0 Å². The summed E-state index contributed by atoms with van der Waals surface area (Å²) in [5.41, 5.74) is 4.14. The van der Waals surface area contributed by atoms with Crippen molar-refractivity contribution in [2.75, 3.05) is 13.1 Å². The normalized spacial score (nSPS) is 24.2. The molecule has 1 atom stereocenters. The molecule has 1 N–H and O–H groups in total. The number of aromatic amines is 1. The Morgan fingerprint density at radius 3 is 3.17 bits per heavy atom. The minimum Gasteiger partial charge on any atom is -0.298 e. The van der Waals surface area contributed by atoms with Crippen molar-refractivity contribution in [1.82, 2.24) is 15.1 Å². The Labute approximate surface area is 109 Å². The highest BCUT2D eigenvalue weighted by Crippen LogP contribution is 2.24. The van der Waals surface area contributed by atoms with Crippen molar-refractivity contribution < 1.29 is 0 Å². The number of rotatable bonds is 3. The number of hydrogen-bond donors (Lipinski definition) is 1. The summed E-state index contributed by atoms with van der Waals surface area (Å²) in [4.78, 5) is 2.63. The number of aryl methyl sites for hydroxylation is 1. The van der Waals surface area contributed by atoms with E-state index >= 15 is 0 Å². The molecule has 1 aliphatic carbocycles. The standard InChI is InChI=1S/C15H23N3/c1-2-14-13-11-18(9-8-15(13)17-16-14)10-12-6-4-3-5-7-12/h3-4,12H,2,5-11H2,1H3,(H,16,17)/t12-/m0/s1. The van der Waals surface area contributed by atoms with Gasteiger partial charge in [0.05, 0.1) is 5.69 Å². The monoisotopic (exact) mass is 245 g/mol. The Morgan fingerprint density at radius 2 is 2.39 bits per heavy atom. The number of allylic oxidation sites excluding steroid dienone is 2. The average Bonchev–Trinajstić information content (AvgIpc) is 2.82. The van der Waals surface area contributed by atoms with Crippen LogP contribution in [-0.2, 0) is 19.4 Å². The summed E-state index contributed by atoms with van der Waals surface area (Å²) in [5, 5.41) is 7.65. The van der Waals surface area contributed by atoms with Gasteiger partial charge >= 0.3 is 0 Å². The van der Waals surface area contributed by atoms with Crippen molar-refractivity contribution in [3.63, 3.8) is 0 Å². The number of aromatic nitrogens is 2. The summed E-state index contributed by atoms with van der Waals surface area (Å²) in [6, 6.07) is 0. The average molecular weight is 245 g/mol. The van der Waals surface area contributed by atoms with Crippen LogP contribution in [0.5, 0.6) is 0 Å². The van der Waals surface area contributed by atoms with Crippen LogP contribution in [0.25, 0.3) is 0 Å². The predicted octanol–water partition coefficient (Wildman–Crippen LogP) is 2.69. The van der Waals surface area contributed by atoms with Gasteiger partial charge in [-0.2, -0.15) is 5.10 Å². The van der Waals surface area contributed by atoms with Crippen LogP contribution in [0.15, 0.2) is 12.2 Å². The number of nitrogens with zero attached hydrogens (tertiary/aromatic N) is 2. The predicted molar refractivity (Wildman–Crippen MR) is 73.4 cm³/mol. The lowest BCUT2D eigenvalue weighted by Gasteiger charge is -2.31. The molecular weight excluding hydrogens is 222 g/mol. The third kappa shape index (κ3) is 2.37. The number of hydrogen-bond acceptors (Lipinski definition) is 2. The van der Waals surface area contributed by atoms with Gasteiger partial charge in [-0.25, -0.2) is 0 Å². The minimum absolute atomic E-state index is 0.869. The molecule has 1 aromatic rings. The first-order valence-electron chi connectivity index (χ1n) is 7.29. The van der Waals surface area contributed by atoms with E-state index in [0.717, 1.165) is 25.3 Å². The second-order valence-corrected chi connectivity index (χ2v) is 5.62. The molecule has 2 aliphatic rings. The van der Waals surface area contributed by atoms with Crippen molar-refractivity contribution in [1.29, 1.82) is 0 Å². The molecular formula is C15H23N3. The molecule has 1 aromatic heterocycles. The molecule has 18 heavy (non-hydrogen) atoms. The Hall–Kier alpha value is -1.09. The fraction of sp³-hybridized carbons (Fsp3) is 0.667. The Kier molecular flexibility index (Phi) is 3.50. The first-order valence-corrected chi connectivity index (χ1v) is 7.29. The summed E-state index contributed by atoms with van der Waals surface area (Å²) in [5.74, 6) is 0.869. The quantitative estimate of drug-likeness (QED) is 0.830. The topological polar surface area (TPSA) is 31.9 Å². The van der Waals surface area contributed by atoms with E-state index in [9.17, 15) is 0 Å². The van der Waals surface area contributed by atoms with Crippen LogP contribution in [-0.4, -0.2) is 28.2 Å². The van der Waals surface area contributed by atoms with E-state index in [1.165, 1.54) is 49.3 Å². The first kappa shape index (κ1) is 12.0.